The second-order valence-electron chi connectivity index (χ2n) is 6.18. The lowest BCUT2D eigenvalue weighted by atomic mass is 9.74. The second kappa shape index (κ2) is 3.73. The van der Waals surface area contributed by atoms with Gasteiger partial charge in [-0.2, -0.15) is 0 Å². The van der Waals surface area contributed by atoms with Crippen molar-refractivity contribution in [1.82, 2.24) is 0 Å². The molecule has 2 aromatic rings. The molecule has 0 spiro atoms. The number of rotatable bonds is 0. The summed E-state index contributed by atoms with van der Waals surface area (Å²) in [5.74, 6) is 1.70. The minimum Gasteiger partial charge on any atom is -0.472 e. The Kier molecular flexibility index (Phi) is 2.04. The molecule has 3 aliphatic rings. The average Bonchev–Trinajstić information content (AvgIpc) is 2.82. The summed E-state index contributed by atoms with van der Waals surface area (Å²) in [4.78, 5) is 0. The highest BCUT2D eigenvalue weighted by Crippen LogP contribution is 2.59. The highest BCUT2D eigenvalue weighted by atomic mass is 16.6. The standard InChI is InChI=1S/C18H17NO2/c1-2-8-14-13(7-1)17-11-5-6-12-18(17,19-14)21-16-10-4-3-9-15(16)20-17/h1-4,7-10,19H,5-6,11-12H2/t17-,18-/m0/s1. The Labute approximate surface area is 123 Å². The van der Waals surface area contributed by atoms with Crippen LogP contribution in [0.25, 0.3) is 0 Å². The van der Waals surface area contributed by atoms with Gasteiger partial charge in [0.2, 0.25) is 5.72 Å². The van der Waals surface area contributed by atoms with Gasteiger partial charge in [-0.05, 0) is 37.5 Å². The van der Waals surface area contributed by atoms with E-state index >= 15 is 0 Å². The number of para-hydroxylation sites is 3. The van der Waals surface area contributed by atoms with Crippen molar-refractivity contribution in [3.8, 4) is 11.5 Å². The topological polar surface area (TPSA) is 30.5 Å². The Balaban J connectivity index is 1.77. The van der Waals surface area contributed by atoms with Gasteiger partial charge in [-0.15, -0.1) is 0 Å². The molecule has 2 heterocycles. The van der Waals surface area contributed by atoms with E-state index in [1.165, 1.54) is 12.0 Å². The Morgan fingerprint density at radius 1 is 0.810 bits per heavy atom. The van der Waals surface area contributed by atoms with Crippen molar-refractivity contribution in [1.29, 1.82) is 0 Å². The van der Waals surface area contributed by atoms with Gasteiger partial charge in [-0.1, -0.05) is 30.3 Å². The van der Waals surface area contributed by atoms with E-state index in [0.717, 1.165) is 36.4 Å². The van der Waals surface area contributed by atoms with E-state index in [0.29, 0.717) is 0 Å². The molecular formula is C18H17NO2. The largest absolute Gasteiger partial charge is 0.472 e. The first-order chi connectivity index (χ1) is 10.3. The van der Waals surface area contributed by atoms with Crippen LogP contribution in [-0.2, 0) is 5.60 Å². The van der Waals surface area contributed by atoms with Crippen LogP contribution in [0.2, 0.25) is 0 Å². The third-order valence-electron chi connectivity index (χ3n) is 5.08. The number of hydrogen-bond donors (Lipinski definition) is 1. The maximum atomic E-state index is 6.58. The first kappa shape index (κ1) is 11.5. The Bertz CT molecular complexity index is 729. The normalized spacial score (nSPS) is 31.6. The zero-order valence-corrected chi connectivity index (χ0v) is 11.8. The summed E-state index contributed by atoms with van der Waals surface area (Å²) in [5, 5.41) is 3.64. The summed E-state index contributed by atoms with van der Waals surface area (Å²) < 4.78 is 13.1. The molecule has 5 rings (SSSR count). The van der Waals surface area contributed by atoms with Gasteiger partial charge in [0.15, 0.2) is 17.1 Å². The molecule has 0 aromatic heterocycles. The Hall–Kier alpha value is -2.16. The molecule has 0 bridgehead atoms. The summed E-state index contributed by atoms with van der Waals surface area (Å²) in [6.07, 6.45) is 4.29. The predicted octanol–water partition coefficient (Wildman–Crippen LogP) is 4.05. The van der Waals surface area contributed by atoms with E-state index in [2.05, 4.69) is 29.6 Å². The molecular weight excluding hydrogens is 262 g/mol. The van der Waals surface area contributed by atoms with Crippen LogP contribution in [0, 0.1) is 0 Å². The predicted molar refractivity (Wildman–Crippen MR) is 80.6 cm³/mol. The lowest BCUT2D eigenvalue weighted by molar-refractivity contribution is -0.146. The van der Waals surface area contributed by atoms with E-state index in [4.69, 9.17) is 9.47 Å². The molecule has 0 unspecified atom stereocenters. The van der Waals surface area contributed by atoms with Crippen LogP contribution in [0.3, 0.4) is 0 Å². The van der Waals surface area contributed by atoms with Crippen LogP contribution in [-0.4, -0.2) is 5.72 Å². The molecule has 1 fully saturated rings. The highest BCUT2D eigenvalue weighted by Gasteiger charge is 2.65. The second-order valence-corrected chi connectivity index (χ2v) is 6.18. The average molecular weight is 279 g/mol. The first-order valence-electron chi connectivity index (χ1n) is 7.68. The number of benzene rings is 2. The zero-order chi connectivity index (χ0) is 13.9. The maximum Gasteiger partial charge on any atom is 0.225 e. The minimum absolute atomic E-state index is 0.393. The minimum atomic E-state index is -0.455. The van der Waals surface area contributed by atoms with Crippen molar-refractivity contribution >= 4 is 5.69 Å². The summed E-state index contributed by atoms with van der Waals surface area (Å²) >= 11 is 0. The van der Waals surface area contributed by atoms with Gasteiger partial charge >= 0.3 is 0 Å². The number of nitrogens with one attached hydrogen (secondary N) is 1. The van der Waals surface area contributed by atoms with Crippen molar-refractivity contribution in [2.24, 2.45) is 0 Å². The van der Waals surface area contributed by atoms with Crippen LogP contribution < -0.4 is 14.8 Å². The molecule has 0 amide bonds. The van der Waals surface area contributed by atoms with Crippen LogP contribution in [0.1, 0.15) is 31.2 Å². The van der Waals surface area contributed by atoms with Gasteiger partial charge in [-0.3, -0.25) is 0 Å². The summed E-state index contributed by atoms with van der Waals surface area (Å²) in [6.45, 7) is 0. The van der Waals surface area contributed by atoms with Gasteiger partial charge < -0.3 is 14.8 Å². The number of ether oxygens (including phenoxy) is 2. The summed E-state index contributed by atoms with van der Waals surface area (Å²) in [5.41, 5.74) is 1.53. The van der Waals surface area contributed by atoms with E-state index in [9.17, 15) is 0 Å². The fraction of sp³-hybridized carbons (Fsp3) is 0.333. The zero-order valence-electron chi connectivity index (χ0n) is 11.8. The fourth-order valence-electron chi connectivity index (χ4n) is 4.17. The van der Waals surface area contributed by atoms with Crippen molar-refractivity contribution in [2.75, 3.05) is 5.32 Å². The maximum absolute atomic E-state index is 6.58. The van der Waals surface area contributed by atoms with E-state index in [1.54, 1.807) is 0 Å². The summed E-state index contributed by atoms with van der Waals surface area (Å²) in [7, 11) is 0. The molecule has 1 N–H and O–H groups in total. The number of anilines is 1. The molecule has 21 heavy (non-hydrogen) atoms. The number of hydrogen-bond acceptors (Lipinski definition) is 3. The molecule has 2 aliphatic heterocycles. The van der Waals surface area contributed by atoms with Crippen LogP contribution in [0.4, 0.5) is 5.69 Å². The van der Waals surface area contributed by atoms with Gasteiger partial charge in [0.1, 0.15) is 0 Å². The van der Waals surface area contributed by atoms with Crippen molar-refractivity contribution in [3.63, 3.8) is 0 Å². The molecule has 106 valence electrons. The third kappa shape index (κ3) is 1.29. The van der Waals surface area contributed by atoms with Crippen LogP contribution >= 0.6 is 0 Å². The lowest BCUT2D eigenvalue weighted by Gasteiger charge is -2.51. The Morgan fingerprint density at radius 2 is 1.52 bits per heavy atom. The lowest BCUT2D eigenvalue weighted by Crippen LogP contribution is -2.63. The van der Waals surface area contributed by atoms with Crippen molar-refractivity contribution in [2.45, 2.75) is 37.0 Å². The van der Waals surface area contributed by atoms with E-state index in [-0.39, 0.29) is 0 Å². The monoisotopic (exact) mass is 279 g/mol. The molecule has 2 aromatic carbocycles. The van der Waals surface area contributed by atoms with Crippen molar-refractivity contribution < 1.29 is 9.47 Å². The summed E-state index contributed by atoms with van der Waals surface area (Å²) in [6, 6.07) is 16.4. The fourth-order valence-corrected chi connectivity index (χ4v) is 4.17. The quantitative estimate of drug-likeness (QED) is 0.789. The Morgan fingerprint density at radius 3 is 2.43 bits per heavy atom. The molecule has 1 saturated carbocycles. The van der Waals surface area contributed by atoms with Crippen molar-refractivity contribution in [3.05, 3.63) is 54.1 Å². The third-order valence-corrected chi connectivity index (χ3v) is 5.08. The van der Waals surface area contributed by atoms with Crippen LogP contribution in [0.5, 0.6) is 11.5 Å². The van der Waals surface area contributed by atoms with Gasteiger partial charge in [0.25, 0.3) is 0 Å². The molecule has 3 heteroatoms. The van der Waals surface area contributed by atoms with E-state index < -0.39 is 11.3 Å². The van der Waals surface area contributed by atoms with Gasteiger partial charge in [-0.25, -0.2) is 0 Å². The first-order valence-corrected chi connectivity index (χ1v) is 7.68. The molecule has 0 saturated heterocycles. The molecule has 3 nitrogen and oxygen atoms in total. The van der Waals surface area contributed by atoms with Gasteiger partial charge in [0.05, 0.1) is 0 Å². The SMILES string of the molecule is c1ccc2c(c1)N[C@]13CCCC[C@]21Oc1ccccc1O3. The van der Waals surface area contributed by atoms with Gasteiger partial charge in [0, 0.05) is 17.7 Å². The smallest absolute Gasteiger partial charge is 0.225 e. The molecule has 0 radical (unpaired) electrons. The van der Waals surface area contributed by atoms with E-state index in [1.807, 2.05) is 24.3 Å². The highest BCUT2D eigenvalue weighted by molar-refractivity contribution is 5.65. The van der Waals surface area contributed by atoms with Crippen LogP contribution in [0.15, 0.2) is 48.5 Å². The molecule has 2 atom stereocenters. The molecule has 1 aliphatic carbocycles. The number of fused-ring (bicyclic) bond motifs is 2.